The van der Waals surface area contributed by atoms with Gasteiger partial charge in [-0.15, -0.1) is 0 Å². The Morgan fingerprint density at radius 2 is 1.57 bits per heavy atom. The monoisotopic (exact) mass is 366 g/mol. The number of alkyl halides is 3. The average molecular weight is 367 g/mol. The number of hydrogen-bond donors (Lipinski definition) is 0. The Balaban J connectivity index is 2.12. The normalized spacial score (nSPS) is 11.5. The fourth-order valence-corrected chi connectivity index (χ4v) is 1.97. The SMILES string of the molecule is Fc1ccc(Br)c(F)c1COc1ccc(C(F)(F)F)cc1. The third kappa shape index (κ3) is 3.72. The predicted octanol–water partition coefficient (Wildman–Crippen LogP) is 5.33. The van der Waals surface area contributed by atoms with Gasteiger partial charge in [-0.3, -0.25) is 0 Å². The Bertz CT molecular complexity index is 637. The fraction of sp³-hybridized carbons (Fsp3) is 0.143. The van der Waals surface area contributed by atoms with Crippen molar-refractivity contribution in [3.8, 4) is 5.75 Å². The van der Waals surface area contributed by atoms with Crippen molar-refractivity contribution < 1.29 is 26.7 Å². The number of halogens is 6. The van der Waals surface area contributed by atoms with E-state index in [9.17, 15) is 22.0 Å². The summed E-state index contributed by atoms with van der Waals surface area (Å²) in [6.07, 6.45) is -4.44. The largest absolute Gasteiger partial charge is 0.489 e. The summed E-state index contributed by atoms with van der Waals surface area (Å²) in [5, 5.41) is 0. The molecule has 0 aliphatic heterocycles. The van der Waals surface area contributed by atoms with Crippen LogP contribution in [0.1, 0.15) is 11.1 Å². The molecule has 0 bridgehead atoms. The van der Waals surface area contributed by atoms with Crippen LogP contribution in [0, 0.1) is 11.6 Å². The Labute approximate surface area is 125 Å². The van der Waals surface area contributed by atoms with E-state index in [1.54, 1.807) is 0 Å². The molecule has 0 aliphatic carbocycles. The Morgan fingerprint density at radius 3 is 2.14 bits per heavy atom. The third-order valence-corrected chi connectivity index (χ3v) is 3.32. The van der Waals surface area contributed by atoms with E-state index in [0.29, 0.717) is 0 Å². The van der Waals surface area contributed by atoms with Gasteiger partial charge in [-0.25, -0.2) is 8.78 Å². The average Bonchev–Trinajstić information content (AvgIpc) is 2.43. The molecule has 0 radical (unpaired) electrons. The maximum atomic E-state index is 13.7. The minimum absolute atomic E-state index is 0.0786. The molecule has 0 heterocycles. The van der Waals surface area contributed by atoms with E-state index in [-0.39, 0.29) is 15.8 Å². The van der Waals surface area contributed by atoms with Crippen LogP contribution in [-0.2, 0) is 12.8 Å². The van der Waals surface area contributed by atoms with Crippen LogP contribution in [0.15, 0.2) is 40.9 Å². The molecule has 112 valence electrons. The van der Waals surface area contributed by atoms with E-state index in [1.165, 1.54) is 6.07 Å². The summed E-state index contributed by atoms with van der Waals surface area (Å²) in [4.78, 5) is 0. The summed E-state index contributed by atoms with van der Waals surface area (Å²) in [6.45, 7) is -0.428. The van der Waals surface area contributed by atoms with Gasteiger partial charge >= 0.3 is 6.18 Å². The van der Waals surface area contributed by atoms with Crippen LogP contribution in [0.4, 0.5) is 22.0 Å². The lowest BCUT2D eigenvalue weighted by molar-refractivity contribution is -0.137. The molecule has 21 heavy (non-hydrogen) atoms. The number of hydrogen-bond acceptors (Lipinski definition) is 1. The summed E-state index contributed by atoms with van der Waals surface area (Å²) in [6, 6.07) is 6.14. The molecule has 0 N–H and O–H groups in total. The highest BCUT2D eigenvalue weighted by Gasteiger charge is 2.30. The lowest BCUT2D eigenvalue weighted by Gasteiger charge is -2.10. The summed E-state index contributed by atoms with van der Waals surface area (Å²) in [5.41, 5.74) is -1.13. The molecular weight excluding hydrogens is 359 g/mol. The molecule has 0 aliphatic rings. The summed E-state index contributed by atoms with van der Waals surface area (Å²) in [5.74, 6) is -1.51. The van der Waals surface area contributed by atoms with Crippen molar-refractivity contribution in [2.45, 2.75) is 12.8 Å². The van der Waals surface area contributed by atoms with Crippen LogP contribution in [0.25, 0.3) is 0 Å². The third-order valence-electron chi connectivity index (χ3n) is 2.70. The molecule has 7 heteroatoms. The molecule has 1 nitrogen and oxygen atoms in total. The molecule has 0 aromatic heterocycles. The van der Waals surface area contributed by atoms with Crippen LogP contribution >= 0.6 is 15.9 Å². The molecule has 2 aromatic carbocycles. The smallest absolute Gasteiger partial charge is 0.416 e. The lowest BCUT2D eigenvalue weighted by Crippen LogP contribution is -2.05. The highest BCUT2D eigenvalue weighted by Crippen LogP contribution is 2.30. The van der Waals surface area contributed by atoms with Crippen LogP contribution in [-0.4, -0.2) is 0 Å². The van der Waals surface area contributed by atoms with Crippen molar-refractivity contribution in [2.24, 2.45) is 0 Å². The number of ether oxygens (including phenoxy) is 1. The summed E-state index contributed by atoms with van der Waals surface area (Å²) >= 11 is 2.92. The lowest BCUT2D eigenvalue weighted by atomic mass is 10.2. The first-order chi connectivity index (χ1) is 9.79. The van der Waals surface area contributed by atoms with E-state index < -0.39 is 30.0 Å². The molecule has 2 aromatic rings. The molecule has 0 saturated heterocycles. The Hall–Kier alpha value is -1.63. The second kappa shape index (κ2) is 6.01. The van der Waals surface area contributed by atoms with Gasteiger partial charge in [-0.1, -0.05) is 0 Å². The van der Waals surface area contributed by atoms with Crippen LogP contribution in [0.2, 0.25) is 0 Å². The van der Waals surface area contributed by atoms with Gasteiger partial charge in [-0.05, 0) is 52.3 Å². The van der Waals surface area contributed by atoms with Gasteiger partial charge in [0.1, 0.15) is 24.0 Å². The van der Waals surface area contributed by atoms with Gasteiger partial charge in [0.2, 0.25) is 0 Å². The topological polar surface area (TPSA) is 9.23 Å². The van der Waals surface area contributed by atoms with Gasteiger partial charge < -0.3 is 4.74 Å². The molecule has 0 amide bonds. The first kappa shape index (κ1) is 15.8. The van der Waals surface area contributed by atoms with E-state index in [0.717, 1.165) is 30.3 Å². The van der Waals surface area contributed by atoms with E-state index >= 15 is 0 Å². The van der Waals surface area contributed by atoms with Crippen molar-refractivity contribution in [3.05, 3.63) is 63.6 Å². The van der Waals surface area contributed by atoms with E-state index in [4.69, 9.17) is 4.74 Å². The maximum absolute atomic E-state index is 13.7. The predicted molar refractivity (Wildman–Crippen MR) is 69.8 cm³/mol. The van der Waals surface area contributed by atoms with Gasteiger partial charge in [-0.2, -0.15) is 13.2 Å². The van der Waals surface area contributed by atoms with Crippen molar-refractivity contribution in [3.63, 3.8) is 0 Å². The van der Waals surface area contributed by atoms with Crippen LogP contribution in [0.5, 0.6) is 5.75 Å². The molecule has 0 fully saturated rings. The number of benzene rings is 2. The minimum Gasteiger partial charge on any atom is -0.489 e. The minimum atomic E-state index is -4.44. The van der Waals surface area contributed by atoms with Gasteiger partial charge in [0.15, 0.2) is 0 Å². The van der Waals surface area contributed by atoms with Crippen LogP contribution < -0.4 is 4.74 Å². The summed E-state index contributed by atoms with van der Waals surface area (Å²) < 4.78 is 69.4. The molecule has 0 saturated carbocycles. The van der Waals surface area contributed by atoms with Gasteiger partial charge in [0.05, 0.1) is 15.6 Å². The highest BCUT2D eigenvalue weighted by molar-refractivity contribution is 9.10. The maximum Gasteiger partial charge on any atom is 0.416 e. The second-order valence-electron chi connectivity index (χ2n) is 4.13. The zero-order valence-electron chi connectivity index (χ0n) is 10.3. The van der Waals surface area contributed by atoms with Gasteiger partial charge in [0.25, 0.3) is 0 Å². The quantitative estimate of drug-likeness (QED) is 0.527. The van der Waals surface area contributed by atoms with E-state index in [2.05, 4.69) is 15.9 Å². The summed E-state index contributed by atoms with van der Waals surface area (Å²) in [7, 11) is 0. The Morgan fingerprint density at radius 1 is 0.952 bits per heavy atom. The highest BCUT2D eigenvalue weighted by atomic mass is 79.9. The van der Waals surface area contributed by atoms with Crippen molar-refractivity contribution in [1.29, 1.82) is 0 Å². The van der Waals surface area contributed by atoms with Crippen molar-refractivity contribution in [2.75, 3.05) is 0 Å². The number of rotatable bonds is 3. The first-order valence-electron chi connectivity index (χ1n) is 5.71. The standard InChI is InChI=1S/C14H8BrF5O/c15-11-5-6-12(16)10(13(11)17)7-21-9-3-1-8(2-4-9)14(18,19)20/h1-6H,7H2. The van der Waals surface area contributed by atoms with Crippen LogP contribution in [0.3, 0.4) is 0 Å². The first-order valence-corrected chi connectivity index (χ1v) is 6.51. The molecule has 0 unspecified atom stereocenters. The van der Waals surface area contributed by atoms with E-state index in [1.807, 2.05) is 0 Å². The molecule has 0 spiro atoms. The zero-order valence-corrected chi connectivity index (χ0v) is 11.9. The van der Waals surface area contributed by atoms with Crippen molar-refractivity contribution >= 4 is 15.9 Å². The molecule has 0 atom stereocenters. The Kier molecular flexibility index (Phi) is 4.51. The molecule has 2 rings (SSSR count). The van der Waals surface area contributed by atoms with Gasteiger partial charge in [0, 0.05) is 0 Å². The molecular formula is C14H8BrF5O. The van der Waals surface area contributed by atoms with Crippen molar-refractivity contribution in [1.82, 2.24) is 0 Å². The fourth-order valence-electron chi connectivity index (χ4n) is 1.60. The second-order valence-corrected chi connectivity index (χ2v) is 4.99. The zero-order chi connectivity index (χ0) is 15.6.